The van der Waals surface area contributed by atoms with Gasteiger partial charge < -0.3 is 19.9 Å². The van der Waals surface area contributed by atoms with E-state index in [2.05, 4.69) is 5.32 Å². The average molecular weight is 340 g/mol. The molecule has 124 valence electrons. The van der Waals surface area contributed by atoms with Crippen molar-refractivity contribution in [2.75, 3.05) is 19.8 Å². The lowest BCUT2D eigenvalue weighted by atomic mass is 9.73. The predicted molar refractivity (Wildman–Crippen MR) is 83.0 cm³/mol. The molecule has 0 bridgehead atoms. The summed E-state index contributed by atoms with van der Waals surface area (Å²) in [6.07, 6.45) is 1.80. The van der Waals surface area contributed by atoms with Crippen molar-refractivity contribution in [1.82, 2.24) is 5.32 Å². The number of aliphatic carboxylic acids is 1. The maximum atomic E-state index is 12.0. The van der Waals surface area contributed by atoms with Gasteiger partial charge in [-0.25, -0.2) is 0 Å². The van der Waals surface area contributed by atoms with Crippen molar-refractivity contribution in [1.29, 1.82) is 0 Å². The van der Waals surface area contributed by atoms with Gasteiger partial charge in [-0.15, -0.1) is 0 Å². The molecule has 1 aliphatic carbocycles. The molecule has 0 saturated heterocycles. The molecule has 2 aliphatic rings. The fourth-order valence-electron chi connectivity index (χ4n) is 2.88. The summed E-state index contributed by atoms with van der Waals surface area (Å²) in [7, 11) is 0. The lowest BCUT2D eigenvalue weighted by Crippen LogP contribution is -2.44. The first kappa shape index (κ1) is 15.9. The van der Waals surface area contributed by atoms with E-state index in [1.165, 1.54) is 0 Å². The Morgan fingerprint density at radius 3 is 2.65 bits per heavy atom. The first-order valence-electron chi connectivity index (χ1n) is 7.65. The maximum Gasteiger partial charge on any atom is 0.307 e. The topological polar surface area (TPSA) is 84.9 Å². The van der Waals surface area contributed by atoms with Gasteiger partial charge in [-0.05, 0) is 37.0 Å². The van der Waals surface area contributed by atoms with Gasteiger partial charge in [-0.1, -0.05) is 11.6 Å². The average Bonchev–Trinajstić information content (AvgIpc) is 2.45. The number of ether oxygens (including phenoxy) is 2. The van der Waals surface area contributed by atoms with Crippen LogP contribution in [-0.4, -0.2) is 36.7 Å². The third-order valence-corrected chi connectivity index (χ3v) is 4.58. The molecular formula is C16H18ClNO5. The van der Waals surface area contributed by atoms with Gasteiger partial charge in [-0.3, -0.25) is 9.59 Å². The molecule has 1 fully saturated rings. The number of rotatable bonds is 5. The van der Waals surface area contributed by atoms with Gasteiger partial charge in [0, 0.05) is 6.54 Å². The second-order valence-corrected chi connectivity index (χ2v) is 6.18. The van der Waals surface area contributed by atoms with Crippen LogP contribution >= 0.6 is 11.6 Å². The molecule has 1 heterocycles. The van der Waals surface area contributed by atoms with E-state index in [1.807, 2.05) is 6.07 Å². The van der Waals surface area contributed by atoms with Crippen molar-refractivity contribution in [3.05, 3.63) is 22.7 Å². The van der Waals surface area contributed by atoms with Crippen LogP contribution in [0.15, 0.2) is 12.1 Å². The van der Waals surface area contributed by atoms with Crippen LogP contribution in [0.2, 0.25) is 5.02 Å². The summed E-state index contributed by atoms with van der Waals surface area (Å²) < 4.78 is 11.0. The molecule has 6 nitrogen and oxygen atoms in total. The lowest BCUT2D eigenvalue weighted by molar-refractivity contribution is -0.152. The third kappa shape index (κ3) is 3.37. The molecule has 1 aliphatic heterocycles. The van der Waals surface area contributed by atoms with Crippen LogP contribution in [0.25, 0.3) is 0 Å². The highest BCUT2D eigenvalue weighted by Crippen LogP contribution is 2.38. The Kier molecular flexibility index (Phi) is 4.61. The van der Waals surface area contributed by atoms with Crippen molar-refractivity contribution < 1.29 is 24.2 Å². The van der Waals surface area contributed by atoms with Gasteiger partial charge in [0.25, 0.3) is 0 Å². The molecule has 1 saturated carbocycles. The molecule has 0 spiro atoms. The van der Waals surface area contributed by atoms with E-state index in [0.29, 0.717) is 55.5 Å². The van der Waals surface area contributed by atoms with E-state index in [1.54, 1.807) is 6.07 Å². The fraction of sp³-hybridized carbons (Fsp3) is 0.500. The standard InChI is InChI=1S/C16H18ClNO5/c17-12-7-9(8-13-14(12)23-6-5-22-13)3-4-18-15(19)10-1-2-11(10)16(20)21/h7-8,10-11H,1-6H2,(H,18,19)(H,20,21). The van der Waals surface area contributed by atoms with Crippen molar-refractivity contribution in [2.45, 2.75) is 19.3 Å². The Morgan fingerprint density at radius 1 is 1.22 bits per heavy atom. The summed E-state index contributed by atoms with van der Waals surface area (Å²) in [4.78, 5) is 22.9. The smallest absolute Gasteiger partial charge is 0.307 e. The summed E-state index contributed by atoms with van der Waals surface area (Å²) in [5.41, 5.74) is 0.933. The number of hydrogen-bond donors (Lipinski definition) is 2. The highest BCUT2D eigenvalue weighted by molar-refractivity contribution is 6.32. The van der Waals surface area contributed by atoms with Crippen molar-refractivity contribution in [3.8, 4) is 11.5 Å². The molecule has 7 heteroatoms. The van der Waals surface area contributed by atoms with E-state index in [0.717, 1.165) is 5.56 Å². The van der Waals surface area contributed by atoms with Crippen molar-refractivity contribution in [2.24, 2.45) is 11.8 Å². The molecule has 0 radical (unpaired) electrons. The third-order valence-electron chi connectivity index (χ3n) is 4.30. The molecule has 1 aromatic carbocycles. The number of fused-ring (bicyclic) bond motifs is 1. The van der Waals surface area contributed by atoms with Crippen LogP contribution < -0.4 is 14.8 Å². The van der Waals surface area contributed by atoms with Gasteiger partial charge in [0.05, 0.1) is 16.9 Å². The zero-order valence-electron chi connectivity index (χ0n) is 12.5. The first-order valence-corrected chi connectivity index (χ1v) is 8.02. The van der Waals surface area contributed by atoms with E-state index >= 15 is 0 Å². The number of hydrogen-bond acceptors (Lipinski definition) is 4. The molecule has 1 amide bonds. The zero-order chi connectivity index (χ0) is 16.4. The molecule has 2 atom stereocenters. The Balaban J connectivity index is 1.54. The molecule has 2 unspecified atom stereocenters. The van der Waals surface area contributed by atoms with Crippen LogP contribution in [0.4, 0.5) is 0 Å². The quantitative estimate of drug-likeness (QED) is 0.855. The largest absolute Gasteiger partial charge is 0.486 e. The SMILES string of the molecule is O=C(O)C1CCC1C(=O)NCCc1cc(Cl)c2c(c1)OCCO2. The minimum atomic E-state index is -0.894. The normalized spacial score (nSPS) is 22.1. The summed E-state index contributed by atoms with van der Waals surface area (Å²) in [5, 5.41) is 12.3. The molecular weight excluding hydrogens is 322 g/mol. The van der Waals surface area contributed by atoms with Crippen LogP contribution in [0, 0.1) is 11.8 Å². The molecule has 3 rings (SSSR count). The molecule has 0 aromatic heterocycles. The number of nitrogens with one attached hydrogen (secondary N) is 1. The van der Waals surface area contributed by atoms with Gasteiger partial charge in [-0.2, -0.15) is 0 Å². The second-order valence-electron chi connectivity index (χ2n) is 5.77. The van der Waals surface area contributed by atoms with E-state index < -0.39 is 17.8 Å². The highest BCUT2D eigenvalue weighted by atomic mass is 35.5. The number of halogens is 1. The Bertz CT molecular complexity index is 633. The summed E-state index contributed by atoms with van der Waals surface area (Å²) >= 11 is 6.17. The molecule has 2 N–H and O–H groups in total. The number of carboxylic acids is 1. The van der Waals surface area contributed by atoms with Crippen LogP contribution in [0.5, 0.6) is 11.5 Å². The summed E-state index contributed by atoms with van der Waals surface area (Å²) in [6.45, 7) is 1.40. The monoisotopic (exact) mass is 339 g/mol. The summed E-state index contributed by atoms with van der Waals surface area (Å²) in [6, 6.07) is 3.65. The number of carbonyl (C=O) groups excluding carboxylic acids is 1. The summed E-state index contributed by atoms with van der Waals surface area (Å²) in [5.74, 6) is -0.850. The van der Waals surface area contributed by atoms with Crippen LogP contribution in [-0.2, 0) is 16.0 Å². The molecule has 1 aromatic rings. The maximum absolute atomic E-state index is 12.0. The first-order chi connectivity index (χ1) is 11.1. The zero-order valence-corrected chi connectivity index (χ0v) is 13.3. The van der Waals surface area contributed by atoms with E-state index in [9.17, 15) is 9.59 Å². The van der Waals surface area contributed by atoms with E-state index in [-0.39, 0.29) is 5.91 Å². The predicted octanol–water partition coefficient (Wildman–Crippen LogP) is 1.88. The fourth-order valence-corrected chi connectivity index (χ4v) is 3.17. The number of carboxylic acid groups (broad SMARTS) is 1. The Labute approximate surface area is 138 Å². The second kappa shape index (κ2) is 6.66. The Hall–Kier alpha value is -1.95. The minimum absolute atomic E-state index is 0.188. The number of amides is 1. The molecule has 23 heavy (non-hydrogen) atoms. The van der Waals surface area contributed by atoms with Crippen LogP contribution in [0.1, 0.15) is 18.4 Å². The van der Waals surface area contributed by atoms with Gasteiger partial charge >= 0.3 is 5.97 Å². The number of carbonyl (C=O) groups is 2. The lowest BCUT2D eigenvalue weighted by Gasteiger charge is -2.31. The van der Waals surface area contributed by atoms with Gasteiger partial charge in [0.2, 0.25) is 5.91 Å². The van der Waals surface area contributed by atoms with Crippen molar-refractivity contribution in [3.63, 3.8) is 0 Å². The van der Waals surface area contributed by atoms with Crippen LogP contribution in [0.3, 0.4) is 0 Å². The van der Waals surface area contributed by atoms with E-state index in [4.69, 9.17) is 26.2 Å². The number of benzene rings is 1. The highest BCUT2D eigenvalue weighted by Gasteiger charge is 2.41. The van der Waals surface area contributed by atoms with Gasteiger partial charge in [0.15, 0.2) is 11.5 Å². The van der Waals surface area contributed by atoms with Crippen molar-refractivity contribution >= 4 is 23.5 Å². The Morgan fingerprint density at radius 2 is 1.96 bits per heavy atom. The minimum Gasteiger partial charge on any atom is -0.486 e. The van der Waals surface area contributed by atoms with Gasteiger partial charge in [0.1, 0.15) is 13.2 Å².